The van der Waals surface area contributed by atoms with E-state index in [0.717, 1.165) is 31.4 Å². The van der Waals surface area contributed by atoms with Gasteiger partial charge in [0.1, 0.15) is 17.1 Å². The lowest BCUT2D eigenvalue weighted by atomic mass is 9.65. The zero-order valence-electron chi connectivity index (χ0n) is 20.7. The average molecular weight is 457 g/mol. The molecule has 0 amide bonds. The Morgan fingerprint density at radius 3 is 1.82 bits per heavy atom. The molecule has 3 aromatic rings. The fourth-order valence-corrected chi connectivity index (χ4v) is 5.00. The van der Waals surface area contributed by atoms with Crippen molar-refractivity contribution >= 4 is 5.97 Å². The van der Waals surface area contributed by atoms with Crippen LogP contribution in [0, 0.1) is 0 Å². The van der Waals surface area contributed by atoms with Crippen LogP contribution in [-0.4, -0.2) is 11.6 Å². The van der Waals surface area contributed by atoms with Crippen LogP contribution in [-0.2, 0) is 5.41 Å². The van der Waals surface area contributed by atoms with Gasteiger partial charge in [-0.1, -0.05) is 75.6 Å². The molecule has 1 saturated carbocycles. The molecule has 0 aromatic heterocycles. The molecular formula is C31H36O3. The van der Waals surface area contributed by atoms with E-state index in [-0.39, 0.29) is 17.0 Å². The van der Waals surface area contributed by atoms with Gasteiger partial charge in [0.25, 0.3) is 0 Å². The molecule has 1 aliphatic carbocycles. The van der Waals surface area contributed by atoms with Crippen LogP contribution >= 0.6 is 0 Å². The van der Waals surface area contributed by atoms with Crippen LogP contribution < -0.4 is 9.47 Å². The second-order valence-electron chi connectivity index (χ2n) is 9.71. The van der Waals surface area contributed by atoms with Crippen molar-refractivity contribution in [1.29, 1.82) is 0 Å². The Kier molecular flexibility index (Phi) is 7.41. The molecule has 3 nitrogen and oxygen atoms in total. The summed E-state index contributed by atoms with van der Waals surface area (Å²) in [5.41, 5.74) is 3.03. The topological polar surface area (TPSA) is 35.5 Å². The van der Waals surface area contributed by atoms with E-state index < -0.39 is 0 Å². The third kappa shape index (κ3) is 5.19. The van der Waals surface area contributed by atoms with E-state index in [1.807, 2.05) is 30.3 Å². The molecule has 4 rings (SSSR count). The van der Waals surface area contributed by atoms with Crippen LogP contribution in [0.25, 0.3) is 0 Å². The quantitative estimate of drug-likeness (QED) is 0.254. The van der Waals surface area contributed by atoms with E-state index in [1.165, 1.54) is 30.4 Å². The van der Waals surface area contributed by atoms with Crippen molar-refractivity contribution in [2.45, 2.75) is 76.7 Å². The van der Waals surface area contributed by atoms with Crippen molar-refractivity contribution in [3.63, 3.8) is 0 Å². The van der Waals surface area contributed by atoms with Crippen molar-refractivity contribution in [2.24, 2.45) is 0 Å². The minimum atomic E-state index is -0.331. The maximum Gasteiger partial charge on any atom is 0.343 e. The number of rotatable bonds is 8. The molecule has 0 N–H and O–H groups in total. The number of ether oxygens (including phenoxy) is 2. The molecule has 0 atom stereocenters. The van der Waals surface area contributed by atoms with Gasteiger partial charge in [0.15, 0.2) is 0 Å². The molecular weight excluding hydrogens is 420 g/mol. The fourth-order valence-electron chi connectivity index (χ4n) is 5.00. The summed E-state index contributed by atoms with van der Waals surface area (Å²) >= 11 is 0. The number of benzene rings is 3. The molecule has 0 spiro atoms. The van der Waals surface area contributed by atoms with E-state index in [1.54, 1.807) is 12.1 Å². The van der Waals surface area contributed by atoms with Gasteiger partial charge in [-0.15, -0.1) is 0 Å². The van der Waals surface area contributed by atoms with E-state index in [2.05, 4.69) is 57.2 Å². The average Bonchev–Trinajstić information content (AvgIpc) is 2.90. The third-order valence-corrected chi connectivity index (χ3v) is 7.60. The maximum absolute atomic E-state index is 12.4. The van der Waals surface area contributed by atoms with Crippen LogP contribution in [0.5, 0.6) is 11.5 Å². The SMILES string of the molecule is CCC(C)(CC)Oc1ccc(C2(c3ccc(OC(=O)c4ccccc4)cc3)CCCCC2)cc1. The lowest BCUT2D eigenvalue weighted by molar-refractivity contribution is 0.0734. The number of esters is 1. The van der Waals surface area contributed by atoms with Crippen LogP contribution in [0.3, 0.4) is 0 Å². The van der Waals surface area contributed by atoms with Crippen molar-refractivity contribution in [1.82, 2.24) is 0 Å². The lowest BCUT2D eigenvalue weighted by Gasteiger charge is -2.39. The molecule has 0 heterocycles. The molecule has 0 unspecified atom stereocenters. The van der Waals surface area contributed by atoms with E-state index >= 15 is 0 Å². The van der Waals surface area contributed by atoms with Crippen molar-refractivity contribution < 1.29 is 14.3 Å². The lowest BCUT2D eigenvalue weighted by Crippen LogP contribution is -2.31. The van der Waals surface area contributed by atoms with Crippen LogP contribution in [0.1, 0.15) is 87.2 Å². The van der Waals surface area contributed by atoms with Gasteiger partial charge in [-0.05, 0) is 80.1 Å². The molecule has 3 aromatic carbocycles. The Bertz CT molecular complexity index is 1060. The maximum atomic E-state index is 12.4. The molecule has 178 valence electrons. The Balaban J connectivity index is 1.56. The van der Waals surface area contributed by atoms with Crippen molar-refractivity contribution in [3.05, 3.63) is 95.6 Å². The largest absolute Gasteiger partial charge is 0.488 e. The highest BCUT2D eigenvalue weighted by Crippen LogP contribution is 2.45. The van der Waals surface area contributed by atoms with Gasteiger partial charge >= 0.3 is 5.97 Å². The van der Waals surface area contributed by atoms with Gasteiger partial charge in [-0.3, -0.25) is 0 Å². The van der Waals surface area contributed by atoms with E-state index in [4.69, 9.17) is 9.47 Å². The first-order valence-corrected chi connectivity index (χ1v) is 12.7. The van der Waals surface area contributed by atoms with Crippen LogP contribution in [0.4, 0.5) is 0 Å². The fraction of sp³-hybridized carbons (Fsp3) is 0.387. The first-order chi connectivity index (χ1) is 16.5. The summed E-state index contributed by atoms with van der Waals surface area (Å²) < 4.78 is 11.9. The summed E-state index contributed by atoms with van der Waals surface area (Å²) in [5.74, 6) is 1.18. The van der Waals surface area contributed by atoms with Gasteiger partial charge in [0, 0.05) is 5.41 Å². The monoisotopic (exact) mass is 456 g/mol. The standard InChI is InChI=1S/C31H36O3/c1-4-30(3,5-2)34-28-20-16-26(17-21-28)31(22-10-7-11-23-31)25-14-18-27(19-15-25)33-29(32)24-12-8-6-9-13-24/h6,8-9,12-21H,4-5,7,10-11,22-23H2,1-3H3. The number of hydrogen-bond donors (Lipinski definition) is 0. The summed E-state index contributed by atoms with van der Waals surface area (Å²) in [6.45, 7) is 6.53. The number of hydrogen-bond acceptors (Lipinski definition) is 3. The predicted octanol–water partition coefficient (Wildman–Crippen LogP) is 8.11. The van der Waals surface area contributed by atoms with Gasteiger partial charge in [0.2, 0.25) is 0 Å². The normalized spacial score (nSPS) is 15.5. The van der Waals surface area contributed by atoms with Crippen molar-refractivity contribution in [3.8, 4) is 11.5 Å². The summed E-state index contributed by atoms with van der Waals surface area (Å²) in [5, 5.41) is 0. The van der Waals surface area contributed by atoms with Gasteiger partial charge in [-0.25, -0.2) is 4.79 Å². The van der Waals surface area contributed by atoms with Gasteiger partial charge < -0.3 is 9.47 Å². The minimum absolute atomic E-state index is 0.0163. The second-order valence-corrected chi connectivity index (χ2v) is 9.71. The highest BCUT2D eigenvalue weighted by atomic mass is 16.5. The zero-order valence-corrected chi connectivity index (χ0v) is 20.7. The van der Waals surface area contributed by atoms with Gasteiger partial charge in [0.05, 0.1) is 5.56 Å². The summed E-state index contributed by atoms with van der Waals surface area (Å²) in [7, 11) is 0. The second kappa shape index (κ2) is 10.5. The molecule has 1 aliphatic rings. The molecule has 0 bridgehead atoms. The third-order valence-electron chi connectivity index (χ3n) is 7.60. The summed E-state index contributed by atoms with van der Waals surface area (Å²) in [6, 6.07) is 26.0. The Hall–Kier alpha value is -3.07. The Labute approximate surface area is 204 Å². The van der Waals surface area contributed by atoms with E-state index in [0.29, 0.717) is 11.3 Å². The highest BCUT2D eigenvalue weighted by Gasteiger charge is 2.36. The van der Waals surface area contributed by atoms with Crippen LogP contribution in [0.2, 0.25) is 0 Å². The molecule has 1 fully saturated rings. The predicted molar refractivity (Wildman–Crippen MR) is 138 cm³/mol. The molecule has 0 radical (unpaired) electrons. The van der Waals surface area contributed by atoms with Gasteiger partial charge in [-0.2, -0.15) is 0 Å². The smallest absolute Gasteiger partial charge is 0.343 e. The molecule has 34 heavy (non-hydrogen) atoms. The zero-order chi connectivity index (χ0) is 24.0. The number of carbonyl (C=O) groups is 1. The van der Waals surface area contributed by atoms with Crippen molar-refractivity contribution in [2.75, 3.05) is 0 Å². The number of carbonyl (C=O) groups excluding carboxylic acids is 1. The summed E-state index contributed by atoms with van der Waals surface area (Å²) in [4.78, 5) is 12.4. The first kappa shape index (κ1) is 24.1. The first-order valence-electron chi connectivity index (χ1n) is 12.7. The van der Waals surface area contributed by atoms with E-state index in [9.17, 15) is 4.79 Å². The molecule has 3 heteroatoms. The summed E-state index contributed by atoms with van der Waals surface area (Å²) in [6.07, 6.45) is 7.92. The Morgan fingerprint density at radius 2 is 1.29 bits per heavy atom. The van der Waals surface area contributed by atoms with Crippen LogP contribution in [0.15, 0.2) is 78.9 Å². The molecule has 0 saturated heterocycles. The Morgan fingerprint density at radius 1 is 0.765 bits per heavy atom. The highest BCUT2D eigenvalue weighted by molar-refractivity contribution is 5.90. The minimum Gasteiger partial charge on any atom is -0.488 e. The molecule has 0 aliphatic heterocycles.